The second-order valence-electron chi connectivity index (χ2n) is 5.20. The first-order valence-corrected chi connectivity index (χ1v) is 6.64. The predicted molar refractivity (Wildman–Crippen MR) is 63.8 cm³/mol. The molecule has 0 aliphatic carbocycles. The zero-order valence-electron chi connectivity index (χ0n) is 10.9. The molecule has 0 saturated carbocycles. The van der Waals surface area contributed by atoms with E-state index >= 15 is 0 Å². The maximum Gasteiger partial charge on any atom is 0.417 e. The van der Waals surface area contributed by atoms with Gasteiger partial charge in [-0.25, -0.2) is 14.5 Å². The standard InChI is InChI=1S/C12H16N2O6/c15-10-7-19-12(17)14(10)5-8-3-13(4-8)11(16)20-9-1-2-18-6-9/h8-9H,1-7H2. The van der Waals surface area contributed by atoms with Crippen molar-refractivity contribution in [1.29, 1.82) is 0 Å². The number of rotatable bonds is 3. The van der Waals surface area contributed by atoms with Crippen LogP contribution in [0.5, 0.6) is 0 Å². The van der Waals surface area contributed by atoms with E-state index in [1.807, 2.05) is 0 Å². The summed E-state index contributed by atoms with van der Waals surface area (Å²) in [5.74, 6) is -0.226. The normalized spacial score (nSPS) is 26.7. The first-order chi connectivity index (χ1) is 9.63. The number of carbonyl (C=O) groups is 3. The molecule has 3 aliphatic rings. The van der Waals surface area contributed by atoms with E-state index in [0.717, 1.165) is 11.3 Å². The van der Waals surface area contributed by atoms with Gasteiger partial charge in [0.2, 0.25) is 0 Å². The fourth-order valence-corrected chi connectivity index (χ4v) is 2.47. The summed E-state index contributed by atoms with van der Waals surface area (Å²) in [6.07, 6.45) is -0.375. The molecule has 1 atom stereocenters. The molecule has 3 amide bonds. The van der Waals surface area contributed by atoms with E-state index in [-0.39, 0.29) is 30.6 Å². The van der Waals surface area contributed by atoms with Crippen LogP contribution in [-0.2, 0) is 19.0 Å². The first kappa shape index (κ1) is 13.2. The molecule has 8 heteroatoms. The van der Waals surface area contributed by atoms with Crippen LogP contribution in [0.15, 0.2) is 0 Å². The van der Waals surface area contributed by atoms with Crippen molar-refractivity contribution in [3.8, 4) is 0 Å². The third kappa shape index (κ3) is 2.55. The van der Waals surface area contributed by atoms with E-state index in [1.54, 1.807) is 4.90 Å². The molecule has 1 unspecified atom stereocenters. The Hall–Kier alpha value is -1.83. The maximum absolute atomic E-state index is 11.8. The second-order valence-corrected chi connectivity index (χ2v) is 5.20. The molecule has 0 N–H and O–H groups in total. The van der Waals surface area contributed by atoms with Gasteiger partial charge in [0.1, 0.15) is 6.10 Å². The molecule has 0 aromatic rings. The van der Waals surface area contributed by atoms with Gasteiger partial charge in [-0.2, -0.15) is 0 Å². The van der Waals surface area contributed by atoms with E-state index < -0.39 is 6.09 Å². The Morgan fingerprint density at radius 1 is 1.35 bits per heavy atom. The van der Waals surface area contributed by atoms with Gasteiger partial charge in [0.15, 0.2) is 6.61 Å². The Balaban J connectivity index is 1.41. The molecule has 0 spiro atoms. The minimum Gasteiger partial charge on any atom is -0.444 e. The molecular formula is C12H16N2O6. The number of likely N-dealkylation sites (tertiary alicyclic amines) is 1. The molecule has 3 fully saturated rings. The van der Waals surface area contributed by atoms with E-state index in [1.165, 1.54) is 0 Å². The summed E-state index contributed by atoms with van der Waals surface area (Å²) in [6, 6.07) is 0. The lowest BCUT2D eigenvalue weighted by Gasteiger charge is -2.39. The molecule has 0 aromatic heterocycles. The average Bonchev–Trinajstić information content (AvgIpc) is 2.96. The average molecular weight is 284 g/mol. The van der Waals surface area contributed by atoms with Gasteiger partial charge in [-0.05, 0) is 0 Å². The largest absolute Gasteiger partial charge is 0.444 e. The van der Waals surface area contributed by atoms with Gasteiger partial charge in [-0.3, -0.25) is 4.79 Å². The molecule has 110 valence electrons. The summed E-state index contributed by atoms with van der Waals surface area (Å²) < 4.78 is 15.0. The van der Waals surface area contributed by atoms with Crippen LogP contribution < -0.4 is 0 Å². The molecule has 3 saturated heterocycles. The van der Waals surface area contributed by atoms with Crippen LogP contribution in [0.25, 0.3) is 0 Å². The molecular weight excluding hydrogens is 268 g/mol. The highest BCUT2D eigenvalue weighted by molar-refractivity contribution is 5.97. The van der Waals surface area contributed by atoms with Gasteiger partial charge < -0.3 is 19.1 Å². The quantitative estimate of drug-likeness (QED) is 0.715. The summed E-state index contributed by atoms with van der Waals surface area (Å²) in [5.41, 5.74) is 0. The van der Waals surface area contributed by atoms with Crippen molar-refractivity contribution < 1.29 is 28.6 Å². The molecule has 3 heterocycles. The zero-order valence-corrected chi connectivity index (χ0v) is 10.9. The SMILES string of the molecule is O=C(OC1CCOC1)N1CC(CN2C(=O)COC2=O)C1. The molecule has 8 nitrogen and oxygen atoms in total. The number of imide groups is 1. The Kier molecular flexibility index (Phi) is 3.47. The molecule has 3 rings (SSSR count). The molecule has 0 radical (unpaired) electrons. The summed E-state index contributed by atoms with van der Waals surface area (Å²) in [6.45, 7) is 2.18. The van der Waals surface area contributed by atoms with Crippen molar-refractivity contribution in [3.63, 3.8) is 0 Å². The van der Waals surface area contributed by atoms with Crippen LogP contribution in [-0.4, -0.2) is 73.5 Å². The summed E-state index contributed by atoms with van der Waals surface area (Å²) >= 11 is 0. The smallest absolute Gasteiger partial charge is 0.417 e. The Morgan fingerprint density at radius 2 is 2.15 bits per heavy atom. The Morgan fingerprint density at radius 3 is 2.75 bits per heavy atom. The highest BCUT2D eigenvalue weighted by Gasteiger charge is 2.39. The third-order valence-electron chi connectivity index (χ3n) is 3.65. The predicted octanol–water partition coefficient (Wildman–Crippen LogP) is -0.177. The highest BCUT2D eigenvalue weighted by atomic mass is 16.6. The lowest BCUT2D eigenvalue weighted by atomic mass is 10.0. The van der Waals surface area contributed by atoms with E-state index in [2.05, 4.69) is 4.74 Å². The van der Waals surface area contributed by atoms with E-state index in [0.29, 0.717) is 32.8 Å². The summed E-state index contributed by atoms with van der Waals surface area (Å²) in [5, 5.41) is 0. The number of hydrogen-bond donors (Lipinski definition) is 0. The van der Waals surface area contributed by atoms with Crippen LogP contribution in [0, 0.1) is 5.92 Å². The van der Waals surface area contributed by atoms with Crippen molar-refractivity contribution in [2.24, 2.45) is 5.92 Å². The van der Waals surface area contributed by atoms with E-state index in [9.17, 15) is 14.4 Å². The van der Waals surface area contributed by atoms with Crippen molar-refractivity contribution in [1.82, 2.24) is 9.80 Å². The minimum atomic E-state index is -0.598. The number of amides is 3. The number of ether oxygens (including phenoxy) is 3. The number of carbonyl (C=O) groups excluding carboxylic acids is 3. The van der Waals surface area contributed by atoms with Gasteiger partial charge in [0.25, 0.3) is 5.91 Å². The fraction of sp³-hybridized carbons (Fsp3) is 0.750. The lowest BCUT2D eigenvalue weighted by molar-refractivity contribution is -0.126. The summed E-state index contributed by atoms with van der Waals surface area (Å²) in [4.78, 5) is 37.1. The molecule has 3 aliphatic heterocycles. The van der Waals surface area contributed by atoms with Crippen LogP contribution >= 0.6 is 0 Å². The second kappa shape index (κ2) is 5.28. The van der Waals surface area contributed by atoms with Gasteiger partial charge in [-0.1, -0.05) is 0 Å². The van der Waals surface area contributed by atoms with Crippen molar-refractivity contribution >= 4 is 18.1 Å². The van der Waals surface area contributed by atoms with E-state index in [4.69, 9.17) is 9.47 Å². The zero-order chi connectivity index (χ0) is 14.1. The van der Waals surface area contributed by atoms with Crippen LogP contribution in [0.2, 0.25) is 0 Å². The molecule has 0 bridgehead atoms. The van der Waals surface area contributed by atoms with Gasteiger partial charge >= 0.3 is 12.2 Å². The monoisotopic (exact) mass is 284 g/mol. The fourth-order valence-electron chi connectivity index (χ4n) is 2.47. The van der Waals surface area contributed by atoms with Crippen LogP contribution in [0.4, 0.5) is 9.59 Å². The number of nitrogens with zero attached hydrogens (tertiary/aromatic N) is 2. The van der Waals surface area contributed by atoms with Gasteiger partial charge in [0, 0.05) is 32.0 Å². The minimum absolute atomic E-state index is 0.0944. The lowest BCUT2D eigenvalue weighted by Crippen LogP contribution is -2.55. The number of cyclic esters (lactones) is 1. The number of hydrogen-bond acceptors (Lipinski definition) is 6. The Labute approximate surface area is 115 Å². The summed E-state index contributed by atoms with van der Waals surface area (Å²) in [7, 11) is 0. The third-order valence-corrected chi connectivity index (χ3v) is 3.65. The van der Waals surface area contributed by atoms with Crippen LogP contribution in [0.1, 0.15) is 6.42 Å². The van der Waals surface area contributed by atoms with Crippen molar-refractivity contribution in [2.75, 3.05) is 39.5 Å². The first-order valence-electron chi connectivity index (χ1n) is 6.64. The Bertz CT molecular complexity index is 412. The van der Waals surface area contributed by atoms with Crippen LogP contribution in [0.3, 0.4) is 0 Å². The topological polar surface area (TPSA) is 85.4 Å². The highest BCUT2D eigenvalue weighted by Crippen LogP contribution is 2.21. The maximum atomic E-state index is 11.8. The van der Waals surface area contributed by atoms with Gasteiger partial charge in [-0.15, -0.1) is 0 Å². The van der Waals surface area contributed by atoms with Crippen molar-refractivity contribution in [2.45, 2.75) is 12.5 Å². The van der Waals surface area contributed by atoms with Crippen molar-refractivity contribution in [3.05, 3.63) is 0 Å². The van der Waals surface area contributed by atoms with Gasteiger partial charge in [0.05, 0.1) is 13.2 Å². The molecule has 20 heavy (non-hydrogen) atoms. The molecule has 0 aromatic carbocycles.